The highest BCUT2D eigenvalue weighted by Gasteiger charge is 2.79. The molecule has 0 amide bonds. The smallest absolute Gasteiger partial charge is 0.397 e. The third-order valence-electron chi connectivity index (χ3n) is 19.7. The fourth-order valence-corrected chi connectivity index (χ4v) is 16.3. The van der Waals surface area contributed by atoms with Gasteiger partial charge in [-0.1, -0.05) is 44.9 Å². The van der Waals surface area contributed by atoms with Gasteiger partial charge in [-0.2, -0.15) is 8.42 Å². The predicted octanol–water partition coefficient (Wildman–Crippen LogP) is 0.257. The van der Waals surface area contributed by atoms with Crippen molar-refractivity contribution in [1.82, 2.24) is 0 Å². The zero-order chi connectivity index (χ0) is 57.0. The number of carbonyl (C=O) groups is 2. The van der Waals surface area contributed by atoms with Crippen LogP contribution >= 0.6 is 0 Å². The summed E-state index contributed by atoms with van der Waals surface area (Å²) in [4.78, 5) is 28.7. The van der Waals surface area contributed by atoms with Crippen molar-refractivity contribution in [3.05, 3.63) is 23.8 Å². The van der Waals surface area contributed by atoms with Gasteiger partial charge in [-0.3, -0.25) is 14.1 Å². The first-order valence-corrected chi connectivity index (χ1v) is 28.7. The number of aliphatic hydroxyl groups excluding tert-OH is 8. The Morgan fingerprint density at radius 1 is 0.782 bits per heavy atom. The summed E-state index contributed by atoms with van der Waals surface area (Å²) in [7, 11) is -3.94. The molecule has 24 nitrogen and oxygen atoms in total. The van der Waals surface area contributed by atoms with E-state index in [-0.39, 0.29) is 35.4 Å². The van der Waals surface area contributed by atoms with Crippen molar-refractivity contribution >= 4 is 22.2 Å². The number of fused-ring (bicyclic) bond motifs is 4. The maximum absolute atomic E-state index is 14.4. The molecule has 0 aromatic rings. The van der Waals surface area contributed by atoms with Crippen LogP contribution < -0.4 is 0 Å². The average molecular weight is 1140 g/mol. The molecule has 0 unspecified atom stereocenters. The second-order valence-electron chi connectivity index (χ2n) is 24.8. The van der Waals surface area contributed by atoms with Gasteiger partial charge in [0, 0.05) is 18.9 Å². The lowest BCUT2D eigenvalue weighted by Crippen LogP contribution is -2.65. The van der Waals surface area contributed by atoms with Gasteiger partial charge < -0.3 is 88.2 Å². The summed E-state index contributed by atoms with van der Waals surface area (Å²) in [6.07, 6.45) is -22.0. The number of cyclic esters (lactones) is 1. The second kappa shape index (κ2) is 22.1. The van der Waals surface area contributed by atoms with E-state index in [2.05, 4.69) is 40.3 Å². The molecular formula is C53H82O24S. The van der Waals surface area contributed by atoms with Crippen molar-refractivity contribution in [2.24, 2.45) is 39.4 Å². The molecule has 4 aliphatic carbocycles. The fraction of sp³-hybridized carbons (Fsp3) is 0.887. The normalized spacial score (nSPS) is 50.2. The van der Waals surface area contributed by atoms with Gasteiger partial charge in [-0.05, 0) is 94.8 Å². The Hall–Kier alpha value is -2.19. The van der Waals surface area contributed by atoms with Gasteiger partial charge in [0.05, 0.1) is 43.4 Å². The van der Waals surface area contributed by atoms with Gasteiger partial charge in [-0.25, -0.2) is 4.18 Å². The van der Waals surface area contributed by atoms with Crippen molar-refractivity contribution in [1.29, 1.82) is 0 Å². The molecule has 444 valence electrons. The fourth-order valence-electron chi connectivity index (χ4n) is 15.8. The van der Waals surface area contributed by atoms with Crippen LogP contribution in [-0.2, 0) is 71.5 Å². The molecule has 5 aliphatic heterocycles. The third kappa shape index (κ3) is 10.2. The number of ether oxygens (including phenoxy) is 10. The number of esters is 1. The van der Waals surface area contributed by atoms with E-state index in [1.165, 1.54) is 14.0 Å². The van der Waals surface area contributed by atoms with E-state index in [1.54, 1.807) is 0 Å². The molecule has 9 N–H and O–H groups in total. The molecule has 26 atom stereocenters. The highest BCUT2D eigenvalue weighted by Crippen LogP contribution is 2.75. The van der Waals surface area contributed by atoms with Crippen LogP contribution in [-0.4, -0.2) is 215 Å². The van der Waals surface area contributed by atoms with Gasteiger partial charge in [0.25, 0.3) is 0 Å². The topological polar surface area (TPSA) is 352 Å². The summed E-state index contributed by atoms with van der Waals surface area (Å²) in [6.45, 7) is 16.1. The number of hydrogen-bond donors (Lipinski definition) is 9. The molecule has 1 spiro atoms. The van der Waals surface area contributed by atoms with Gasteiger partial charge in [0.15, 0.2) is 25.2 Å². The summed E-state index contributed by atoms with van der Waals surface area (Å²) >= 11 is 0. The Morgan fingerprint density at radius 3 is 2.10 bits per heavy atom. The molecule has 78 heavy (non-hydrogen) atoms. The molecule has 9 rings (SSSR count). The van der Waals surface area contributed by atoms with E-state index in [1.807, 2.05) is 13.8 Å². The van der Waals surface area contributed by atoms with Crippen molar-refractivity contribution in [2.75, 3.05) is 26.9 Å². The monoisotopic (exact) mass is 1130 g/mol. The van der Waals surface area contributed by atoms with Crippen molar-refractivity contribution in [2.45, 2.75) is 229 Å². The first-order chi connectivity index (χ1) is 36.5. The quantitative estimate of drug-likeness (QED) is 0.0568. The standard InChI is InChI=1S/C53H82O24S/c1-23(2)11-10-16-52(8)43-27(55)19-51(7)26-12-13-31-49(4,5)32(15-17-50(31,6)25(26)14-18-53(43,51)48(63)76-52)72-47-42(34(58)30(22-69-47)77-78(64,65)66)75-45-36(60)35(59)39(24(3)70-45)73-44-37(61)40(28(56)21-68-44)74-46-38(62)41(67-9)33(57)29(20-54)71-46/h12,24-25,28-47,54,56-62H,1,10-11,13-22H2,2-9H3,(H,64,65,66)/t24-,25-,28-,29-,30-,31+,32+,33-,34+,35-,36-,37-,38-,39-,40+,41+,42-,43-,44+,45+,46+,47+,50-,51+,52+,53-/m1/s1. The Morgan fingerprint density at radius 2 is 1.44 bits per heavy atom. The molecule has 0 aromatic carbocycles. The Balaban J connectivity index is 0.894. The van der Waals surface area contributed by atoms with Crippen molar-refractivity contribution in [3.8, 4) is 0 Å². The van der Waals surface area contributed by atoms with E-state index in [0.717, 1.165) is 24.0 Å². The number of ketones is 1. The summed E-state index contributed by atoms with van der Waals surface area (Å²) < 4.78 is 97.7. The number of hydrogen-bond acceptors (Lipinski definition) is 23. The highest BCUT2D eigenvalue weighted by atomic mass is 32.3. The van der Waals surface area contributed by atoms with E-state index >= 15 is 0 Å². The molecule has 25 heteroatoms. The molecule has 0 aromatic heterocycles. The minimum atomic E-state index is -5.15. The molecule has 0 radical (unpaired) electrons. The summed E-state index contributed by atoms with van der Waals surface area (Å²) in [5.74, 6) is -0.736. The van der Waals surface area contributed by atoms with E-state index < -0.39 is 175 Å². The van der Waals surface area contributed by atoms with Gasteiger partial charge in [0.1, 0.15) is 90.7 Å². The zero-order valence-electron chi connectivity index (χ0n) is 45.5. The lowest BCUT2D eigenvalue weighted by molar-refractivity contribution is -0.382. The molecule has 9 aliphatic rings. The van der Waals surface area contributed by atoms with Crippen LogP contribution in [0.2, 0.25) is 0 Å². The third-order valence-corrected chi connectivity index (χ3v) is 20.2. The number of carbonyl (C=O) groups excluding carboxylic acids is 2. The maximum atomic E-state index is 14.4. The molecular weight excluding hydrogens is 1050 g/mol. The van der Waals surface area contributed by atoms with Gasteiger partial charge >= 0.3 is 16.4 Å². The molecule has 8 fully saturated rings. The minimum absolute atomic E-state index is 0.00877. The largest absolute Gasteiger partial charge is 0.458 e. The van der Waals surface area contributed by atoms with Gasteiger partial charge in [0.2, 0.25) is 0 Å². The van der Waals surface area contributed by atoms with E-state index in [9.17, 15) is 63.4 Å². The minimum Gasteiger partial charge on any atom is -0.458 e. The van der Waals surface area contributed by atoms with Crippen LogP contribution in [0.5, 0.6) is 0 Å². The van der Waals surface area contributed by atoms with Crippen LogP contribution in [0.3, 0.4) is 0 Å². The van der Waals surface area contributed by atoms with Crippen LogP contribution in [0, 0.1) is 39.4 Å². The number of Topliss-reactive ketones (excluding diaryl/α,β-unsaturated/α-hetero) is 1. The summed E-state index contributed by atoms with van der Waals surface area (Å²) in [6, 6.07) is 0. The van der Waals surface area contributed by atoms with Crippen LogP contribution in [0.1, 0.15) is 106 Å². The van der Waals surface area contributed by atoms with E-state index in [4.69, 9.17) is 51.6 Å². The molecule has 0 bridgehead atoms. The highest BCUT2D eigenvalue weighted by molar-refractivity contribution is 7.80. The molecule has 3 saturated carbocycles. The Labute approximate surface area is 454 Å². The number of rotatable bonds is 16. The lowest BCUT2D eigenvalue weighted by Gasteiger charge is -2.63. The predicted molar refractivity (Wildman–Crippen MR) is 265 cm³/mol. The average Bonchev–Trinajstić information content (AvgIpc) is 3.04. The SMILES string of the molecule is C=C(C)CCC[C@]1(C)OC(=O)[C@]23CC[C@@H]4C(=CC[C@H]5C(C)(C)[C@@H](O[C@@H]6OC[C@@H](OS(=O)(=O)O)[C@H](O)[C@H]6O[C@@H]6O[C@H](C)[C@@H](O[C@@H]7OC[C@@H](O)[C@H](O[C@@H]8O[C@H](CO)[C@@H](O)[C@H](OC)[C@H]8O)[C@H]7O)[C@H](O)[C@H]6O)CC[C@]45C)[C@]2(C)CC(=O)[C@@H]31. The van der Waals surface area contributed by atoms with E-state index in [0.29, 0.717) is 38.5 Å². The van der Waals surface area contributed by atoms with Crippen LogP contribution in [0.4, 0.5) is 0 Å². The van der Waals surface area contributed by atoms with Crippen molar-refractivity contribution < 1.29 is 115 Å². The second-order valence-corrected chi connectivity index (χ2v) is 25.9. The first kappa shape index (κ1) is 60.4. The molecule has 5 saturated heterocycles. The van der Waals surface area contributed by atoms with Crippen LogP contribution in [0.25, 0.3) is 0 Å². The Kier molecular flexibility index (Phi) is 17.1. The zero-order valence-corrected chi connectivity index (χ0v) is 46.3. The van der Waals surface area contributed by atoms with Gasteiger partial charge in [-0.15, -0.1) is 6.58 Å². The van der Waals surface area contributed by atoms with Crippen LogP contribution in [0.15, 0.2) is 23.8 Å². The summed E-state index contributed by atoms with van der Waals surface area (Å²) in [5.41, 5.74) is -1.36. The van der Waals surface area contributed by atoms with Crippen molar-refractivity contribution in [3.63, 3.8) is 0 Å². The lowest BCUT2D eigenvalue weighted by atomic mass is 9.41. The number of aliphatic hydroxyl groups is 8. The maximum Gasteiger partial charge on any atom is 0.397 e. The summed E-state index contributed by atoms with van der Waals surface area (Å²) in [5, 5.41) is 88.2. The Bertz CT molecular complexity index is 2370. The number of methoxy groups -OCH3 is 1. The number of allylic oxidation sites excluding steroid dienone is 3. The molecule has 5 heterocycles. The first-order valence-electron chi connectivity index (χ1n) is 27.3.